The number of fused-ring (bicyclic) bond motifs is 1. The Kier molecular flexibility index (Phi) is 8.58. The van der Waals surface area contributed by atoms with Crippen LogP contribution < -0.4 is 15.6 Å². The van der Waals surface area contributed by atoms with Gasteiger partial charge in [-0.2, -0.15) is 0 Å². The van der Waals surface area contributed by atoms with Crippen LogP contribution in [-0.2, 0) is 9.53 Å². The number of benzene rings is 2. The van der Waals surface area contributed by atoms with Gasteiger partial charge in [0.1, 0.15) is 34.7 Å². The van der Waals surface area contributed by atoms with Crippen LogP contribution in [0.2, 0.25) is 0 Å². The SMILES string of the molecule is CCC(C(=O)Nc1ccccc1C(C)C)n1cnc2sc(C(=O)OCCOc3ccccc3)c(C)c2c1=O. The van der Waals surface area contributed by atoms with Crippen molar-refractivity contribution in [3.63, 3.8) is 0 Å². The highest BCUT2D eigenvalue weighted by Gasteiger charge is 2.25. The molecule has 0 aliphatic heterocycles. The van der Waals surface area contributed by atoms with Crippen LogP contribution in [0.15, 0.2) is 65.7 Å². The smallest absolute Gasteiger partial charge is 0.348 e. The van der Waals surface area contributed by atoms with Crippen LogP contribution in [-0.4, -0.2) is 34.6 Å². The van der Waals surface area contributed by atoms with E-state index in [0.29, 0.717) is 32.8 Å². The molecule has 0 saturated heterocycles. The summed E-state index contributed by atoms with van der Waals surface area (Å²) < 4.78 is 12.3. The molecule has 1 atom stereocenters. The molecule has 38 heavy (non-hydrogen) atoms. The van der Waals surface area contributed by atoms with Gasteiger partial charge in [0, 0.05) is 5.69 Å². The fourth-order valence-electron chi connectivity index (χ4n) is 4.27. The lowest BCUT2D eigenvalue weighted by atomic mass is 10.0. The Morgan fingerprint density at radius 1 is 1.05 bits per heavy atom. The molecule has 0 fully saturated rings. The van der Waals surface area contributed by atoms with Crippen molar-refractivity contribution in [2.24, 2.45) is 0 Å². The van der Waals surface area contributed by atoms with Gasteiger partial charge < -0.3 is 14.8 Å². The molecule has 9 heteroatoms. The molecule has 0 spiro atoms. The molecular weight excluding hydrogens is 502 g/mol. The second kappa shape index (κ2) is 12.0. The summed E-state index contributed by atoms with van der Waals surface area (Å²) in [5.41, 5.74) is 1.87. The quantitative estimate of drug-likeness (QED) is 0.207. The Hall–Kier alpha value is -3.98. The lowest BCUT2D eigenvalue weighted by Gasteiger charge is -2.20. The number of aryl methyl sites for hydroxylation is 1. The van der Waals surface area contributed by atoms with Crippen LogP contribution in [0.5, 0.6) is 5.75 Å². The predicted octanol–water partition coefficient (Wildman–Crippen LogP) is 5.72. The molecule has 4 rings (SSSR count). The number of carbonyl (C=O) groups excluding carboxylic acids is 2. The van der Waals surface area contributed by atoms with Crippen molar-refractivity contribution in [1.82, 2.24) is 9.55 Å². The number of para-hydroxylation sites is 2. The third kappa shape index (κ3) is 5.78. The highest BCUT2D eigenvalue weighted by molar-refractivity contribution is 7.20. The first kappa shape index (κ1) is 27.1. The van der Waals surface area contributed by atoms with Crippen LogP contribution in [0.1, 0.15) is 60.0 Å². The summed E-state index contributed by atoms with van der Waals surface area (Å²) in [5.74, 6) is 0.0790. The average Bonchev–Trinajstić information content (AvgIpc) is 3.26. The van der Waals surface area contributed by atoms with Crippen molar-refractivity contribution in [3.05, 3.63) is 87.3 Å². The van der Waals surface area contributed by atoms with Crippen molar-refractivity contribution in [2.45, 2.75) is 46.1 Å². The van der Waals surface area contributed by atoms with E-state index in [0.717, 1.165) is 22.6 Å². The van der Waals surface area contributed by atoms with Crippen LogP contribution >= 0.6 is 11.3 Å². The van der Waals surface area contributed by atoms with Gasteiger partial charge >= 0.3 is 5.97 Å². The van der Waals surface area contributed by atoms with Crippen molar-refractivity contribution >= 4 is 39.1 Å². The number of esters is 1. The number of amides is 1. The molecular formula is C29H31N3O5S. The second-order valence-electron chi connectivity index (χ2n) is 9.15. The Balaban J connectivity index is 1.52. The molecule has 0 bridgehead atoms. The minimum atomic E-state index is -0.760. The minimum Gasteiger partial charge on any atom is -0.490 e. The maximum absolute atomic E-state index is 13.5. The third-order valence-electron chi connectivity index (χ3n) is 6.26. The monoisotopic (exact) mass is 533 g/mol. The minimum absolute atomic E-state index is 0.0645. The number of nitrogens with one attached hydrogen (secondary N) is 1. The van der Waals surface area contributed by atoms with Gasteiger partial charge in [-0.3, -0.25) is 14.2 Å². The number of ether oxygens (including phenoxy) is 2. The van der Waals surface area contributed by atoms with Gasteiger partial charge in [0.15, 0.2) is 0 Å². The van der Waals surface area contributed by atoms with E-state index in [-0.39, 0.29) is 30.6 Å². The number of hydrogen-bond donors (Lipinski definition) is 1. The van der Waals surface area contributed by atoms with Crippen LogP contribution in [0.4, 0.5) is 5.69 Å². The molecule has 1 N–H and O–H groups in total. The molecule has 2 aromatic carbocycles. The summed E-state index contributed by atoms with van der Waals surface area (Å²) >= 11 is 1.10. The summed E-state index contributed by atoms with van der Waals surface area (Å²) in [7, 11) is 0. The number of rotatable bonds is 10. The van der Waals surface area contributed by atoms with E-state index in [2.05, 4.69) is 24.1 Å². The summed E-state index contributed by atoms with van der Waals surface area (Å²) in [6.07, 6.45) is 1.77. The van der Waals surface area contributed by atoms with Crippen LogP contribution in [0, 0.1) is 6.92 Å². The highest BCUT2D eigenvalue weighted by atomic mass is 32.1. The zero-order valence-corrected chi connectivity index (χ0v) is 22.7. The van der Waals surface area contributed by atoms with Crippen LogP contribution in [0.3, 0.4) is 0 Å². The number of aromatic nitrogens is 2. The lowest BCUT2D eigenvalue weighted by molar-refractivity contribution is -0.119. The van der Waals surface area contributed by atoms with E-state index in [9.17, 15) is 14.4 Å². The van der Waals surface area contributed by atoms with Gasteiger partial charge in [0.05, 0.1) is 11.7 Å². The number of hydrogen-bond acceptors (Lipinski definition) is 7. The number of thiophene rings is 1. The standard InChI is InChI=1S/C29H31N3O5S/c1-5-23(26(33)31-22-14-10-9-13-21(22)18(2)3)32-17-30-27-24(28(32)34)19(4)25(38-27)29(35)37-16-15-36-20-11-7-6-8-12-20/h6-14,17-18,23H,5,15-16H2,1-4H3,(H,31,33). The van der Waals surface area contributed by atoms with Crippen molar-refractivity contribution in [2.75, 3.05) is 18.5 Å². The van der Waals surface area contributed by atoms with E-state index in [4.69, 9.17) is 9.47 Å². The summed E-state index contributed by atoms with van der Waals surface area (Å²) in [4.78, 5) is 44.7. The average molecular weight is 534 g/mol. The first-order chi connectivity index (χ1) is 18.3. The van der Waals surface area contributed by atoms with Gasteiger partial charge in [0.25, 0.3) is 5.56 Å². The molecule has 0 radical (unpaired) electrons. The largest absolute Gasteiger partial charge is 0.490 e. The summed E-state index contributed by atoms with van der Waals surface area (Å²) in [6, 6.07) is 16.1. The fraction of sp³-hybridized carbons (Fsp3) is 0.310. The molecule has 0 saturated carbocycles. The van der Waals surface area contributed by atoms with Crippen molar-refractivity contribution < 1.29 is 19.1 Å². The third-order valence-corrected chi connectivity index (χ3v) is 7.44. The van der Waals surface area contributed by atoms with Gasteiger partial charge in [-0.1, -0.05) is 57.2 Å². The van der Waals surface area contributed by atoms with Crippen molar-refractivity contribution in [1.29, 1.82) is 0 Å². The molecule has 0 aliphatic carbocycles. The predicted molar refractivity (Wildman–Crippen MR) is 149 cm³/mol. The van der Waals surface area contributed by atoms with E-state index < -0.39 is 12.0 Å². The zero-order valence-electron chi connectivity index (χ0n) is 21.9. The molecule has 2 heterocycles. The molecule has 1 unspecified atom stereocenters. The molecule has 1 amide bonds. The van der Waals surface area contributed by atoms with E-state index in [1.165, 1.54) is 10.9 Å². The van der Waals surface area contributed by atoms with Gasteiger partial charge in [-0.15, -0.1) is 11.3 Å². The molecule has 198 valence electrons. The molecule has 2 aromatic heterocycles. The lowest BCUT2D eigenvalue weighted by Crippen LogP contribution is -2.33. The first-order valence-electron chi connectivity index (χ1n) is 12.6. The number of carbonyl (C=O) groups is 2. The maximum Gasteiger partial charge on any atom is 0.348 e. The Bertz CT molecular complexity index is 1490. The normalized spacial score (nSPS) is 11.9. The second-order valence-corrected chi connectivity index (χ2v) is 10.1. The van der Waals surface area contributed by atoms with E-state index in [1.807, 2.05) is 61.5 Å². The van der Waals surface area contributed by atoms with Crippen molar-refractivity contribution in [3.8, 4) is 5.75 Å². The van der Waals surface area contributed by atoms with Gasteiger partial charge in [-0.05, 0) is 48.6 Å². The Labute approximate surface area is 225 Å². The van der Waals surface area contributed by atoms with E-state index >= 15 is 0 Å². The first-order valence-corrected chi connectivity index (χ1v) is 13.4. The Morgan fingerprint density at radius 2 is 1.76 bits per heavy atom. The van der Waals surface area contributed by atoms with Gasteiger partial charge in [-0.25, -0.2) is 9.78 Å². The Morgan fingerprint density at radius 3 is 2.47 bits per heavy atom. The van der Waals surface area contributed by atoms with Gasteiger partial charge in [0.2, 0.25) is 5.91 Å². The summed E-state index contributed by atoms with van der Waals surface area (Å²) in [6.45, 7) is 7.93. The van der Waals surface area contributed by atoms with E-state index in [1.54, 1.807) is 6.92 Å². The summed E-state index contributed by atoms with van der Waals surface area (Å²) in [5, 5.41) is 3.30. The molecule has 8 nitrogen and oxygen atoms in total. The number of anilines is 1. The maximum atomic E-state index is 13.5. The molecule has 0 aliphatic rings. The number of nitrogens with zero attached hydrogens (tertiary/aromatic N) is 2. The zero-order chi connectivity index (χ0) is 27.2. The van der Waals surface area contributed by atoms with Crippen LogP contribution in [0.25, 0.3) is 10.2 Å². The topological polar surface area (TPSA) is 99.5 Å². The molecule has 4 aromatic rings. The highest BCUT2D eigenvalue weighted by Crippen LogP contribution is 2.29. The fourth-order valence-corrected chi connectivity index (χ4v) is 5.30.